The molecule has 0 amide bonds. The molecule has 3 heteroatoms. The van der Waals surface area contributed by atoms with Gasteiger partial charge in [0.25, 0.3) is 0 Å². The highest BCUT2D eigenvalue weighted by atomic mass is 16.5. The first kappa shape index (κ1) is 14.0. The van der Waals surface area contributed by atoms with Crippen LogP contribution in [0.4, 0.5) is 0 Å². The van der Waals surface area contributed by atoms with Crippen molar-refractivity contribution in [1.29, 1.82) is 0 Å². The van der Waals surface area contributed by atoms with Crippen molar-refractivity contribution in [3.63, 3.8) is 0 Å². The highest BCUT2D eigenvalue weighted by Crippen LogP contribution is 2.22. The van der Waals surface area contributed by atoms with Crippen molar-refractivity contribution < 1.29 is 9.84 Å². The average Bonchev–Trinajstić information content (AvgIpc) is 2.28. The average molecular weight is 237 g/mol. The maximum Gasteiger partial charge on any atom is 0.125 e. The van der Waals surface area contributed by atoms with Crippen molar-refractivity contribution in [1.82, 2.24) is 0 Å². The molecule has 17 heavy (non-hydrogen) atoms. The van der Waals surface area contributed by atoms with Crippen molar-refractivity contribution in [2.45, 2.75) is 39.2 Å². The summed E-state index contributed by atoms with van der Waals surface area (Å²) in [7, 11) is 0. The van der Waals surface area contributed by atoms with Crippen LogP contribution in [0.2, 0.25) is 0 Å². The maximum atomic E-state index is 9.52. The Bertz CT molecular complexity index is 319. The van der Waals surface area contributed by atoms with E-state index >= 15 is 0 Å². The summed E-state index contributed by atoms with van der Waals surface area (Å²) in [5.74, 6) is 0.973. The molecule has 0 saturated heterocycles. The maximum absolute atomic E-state index is 9.52. The molecule has 0 aliphatic carbocycles. The van der Waals surface area contributed by atoms with Gasteiger partial charge in [0, 0.05) is 0 Å². The zero-order valence-corrected chi connectivity index (χ0v) is 10.8. The number of rotatable bonds is 7. The third kappa shape index (κ3) is 4.75. The zero-order chi connectivity index (χ0) is 12.7. The predicted molar refractivity (Wildman–Crippen MR) is 70.3 cm³/mol. The van der Waals surface area contributed by atoms with Crippen LogP contribution in [0.3, 0.4) is 0 Å². The molecule has 0 radical (unpaired) electrons. The second-order valence-electron chi connectivity index (χ2n) is 4.44. The van der Waals surface area contributed by atoms with E-state index in [1.54, 1.807) is 0 Å². The molecule has 1 atom stereocenters. The van der Waals surface area contributed by atoms with Gasteiger partial charge in [0.05, 0.1) is 12.7 Å². The fourth-order valence-electron chi connectivity index (χ4n) is 1.86. The van der Waals surface area contributed by atoms with Crippen molar-refractivity contribution in [3.8, 4) is 5.75 Å². The summed E-state index contributed by atoms with van der Waals surface area (Å²) in [6.07, 6.45) is 1.99. The smallest absolute Gasteiger partial charge is 0.125 e. The Morgan fingerprint density at radius 3 is 2.47 bits per heavy atom. The fraction of sp³-hybridized carbons (Fsp3) is 0.571. The lowest BCUT2D eigenvalue weighted by Gasteiger charge is -2.13. The van der Waals surface area contributed by atoms with Gasteiger partial charge in [-0.05, 0) is 50.8 Å². The molecule has 3 N–H and O–H groups in total. The van der Waals surface area contributed by atoms with Gasteiger partial charge in [-0.2, -0.15) is 0 Å². The SMILES string of the molecule is Cc1cccc(C)c1OCCCC(O)CCN. The second kappa shape index (κ2) is 7.30. The minimum absolute atomic E-state index is 0.290. The van der Waals surface area contributed by atoms with E-state index in [0.29, 0.717) is 19.6 Å². The molecule has 1 aromatic carbocycles. The molecular weight excluding hydrogens is 214 g/mol. The summed E-state index contributed by atoms with van der Waals surface area (Å²) in [4.78, 5) is 0. The number of aliphatic hydroxyl groups is 1. The van der Waals surface area contributed by atoms with Crippen molar-refractivity contribution in [2.75, 3.05) is 13.2 Å². The molecular formula is C14H23NO2. The zero-order valence-electron chi connectivity index (χ0n) is 10.8. The normalized spacial score (nSPS) is 12.5. The highest BCUT2D eigenvalue weighted by Gasteiger charge is 2.05. The molecule has 0 fully saturated rings. The molecule has 0 aliphatic heterocycles. The van der Waals surface area contributed by atoms with Crippen LogP contribution < -0.4 is 10.5 Å². The Labute approximate surface area is 104 Å². The summed E-state index contributed by atoms with van der Waals surface area (Å²) in [6, 6.07) is 6.12. The fourth-order valence-corrected chi connectivity index (χ4v) is 1.86. The first-order chi connectivity index (χ1) is 8.15. The van der Waals surface area contributed by atoms with Crippen LogP contribution in [0.5, 0.6) is 5.75 Å². The molecule has 0 aliphatic rings. The standard InChI is InChI=1S/C14H23NO2/c1-11-5-3-6-12(2)14(11)17-10-4-7-13(16)8-9-15/h3,5-6,13,16H,4,7-10,15H2,1-2H3. The summed E-state index contributed by atoms with van der Waals surface area (Å²) in [5.41, 5.74) is 7.69. The number of aliphatic hydroxyl groups excluding tert-OH is 1. The third-order valence-electron chi connectivity index (χ3n) is 2.84. The molecule has 0 spiro atoms. The van der Waals surface area contributed by atoms with Crippen molar-refractivity contribution in [3.05, 3.63) is 29.3 Å². The molecule has 1 unspecified atom stereocenters. The van der Waals surface area contributed by atoms with E-state index in [1.165, 1.54) is 0 Å². The Morgan fingerprint density at radius 1 is 1.24 bits per heavy atom. The number of hydrogen-bond donors (Lipinski definition) is 2. The highest BCUT2D eigenvalue weighted by molar-refractivity contribution is 5.39. The van der Waals surface area contributed by atoms with Crippen molar-refractivity contribution in [2.24, 2.45) is 5.73 Å². The molecule has 3 nitrogen and oxygen atoms in total. The van der Waals surface area contributed by atoms with Crippen LogP contribution in [-0.2, 0) is 0 Å². The van der Waals surface area contributed by atoms with E-state index in [-0.39, 0.29) is 6.10 Å². The number of hydrogen-bond acceptors (Lipinski definition) is 3. The predicted octanol–water partition coefficient (Wildman–Crippen LogP) is 2.17. The number of benzene rings is 1. The summed E-state index contributed by atoms with van der Waals surface area (Å²) < 4.78 is 5.75. The molecule has 1 aromatic rings. The topological polar surface area (TPSA) is 55.5 Å². The first-order valence-electron chi connectivity index (χ1n) is 6.22. The van der Waals surface area contributed by atoms with Gasteiger partial charge in [0.1, 0.15) is 5.75 Å². The number of nitrogens with two attached hydrogens (primary N) is 1. The van der Waals surface area contributed by atoms with Crippen LogP contribution in [0, 0.1) is 13.8 Å². The van der Waals surface area contributed by atoms with Gasteiger partial charge in [0.15, 0.2) is 0 Å². The number of ether oxygens (including phenoxy) is 1. The van der Waals surface area contributed by atoms with E-state index in [1.807, 2.05) is 32.0 Å². The van der Waals surface area contributed by atoms with Gasteiger partial charge in [-0.15, -0.1) is 0 Å². The summed E-state index contributed by atoms with van der Waals surface area (Å²) in [6.45, 7) is 5.28. The lowest BCUT2D eigenvalue weighted by Crippen LogP contribution is -2.14. The molecule has 0 heterocycles. The van der Waals surface area contributed by atoms with Gasteiger partial charge in [-0.25, -0.2) is 0 Å². The van der Waals surface area contributed by atoms with Crippen LogP contribution >= 0.6 is 0 Å². The van der Waals surface area contributed by atoms with Crippen LogP contribution in [0.1, 0.15) is 30.4 Å². The lowest BCUT2D eigenvalue weighted by atomic mass is 10.1. The van der Waals surface area contributed by atoms with Crippen LogP contribution in [0.25, 0.3) is 0 Å². The van der Waals surface area contributed by atoms with E-state index in [2.05, 4.69) is 0 Å². The molecule has 0 bridgehead atoms. The van der Waals surface area contributed by atoms with E-state index in [9.17, 15) is 5.11 Å². The van der Waals surface area contributed by atoms with Gasteiger partial charge < -0.3 is 15.6 Å². The largest absolute Gasteiger partial charge is 0.493 e. The van der Waals surface area contributed by atoms with Gasteiger partial charge >= 0.3 is 0 Å². The minimum Gasteiger partial charge on any atom is -0.493 e. The molecule has 0 saturated carbocycles. The summed E-state index contributed by atoms with van der Waals surface area (Å²) in [5, 5.41) is 9.52. The molecule has 96 valence electrons. The Kier molecular flexibility index (Phi) is 6.01. The third-order valence-corrected chi connectivity index (χ3v) is 2.84. The summed E-state index contributed by atoms with van der Waals surface area (Å²) >= 11 is 0. The monoisotopic (exact) mass is 237 g/mol. The lowest BCUT2D eigenvalue weighted by molar-refractivity contribution is 0.146. The van der Waals surface area contributed by atoms with Crippen molar-refractivity contribution >= 4 is 0 Å². The Hall–Kier alpha value is -1.06. The number of aryl methyl sites for hydroxylation is 2. The Morgan fingerprint density at radius 2 is 1.88 bits per heavy atom. The molecule has 0 aromatic heterocycles. The van der Waals surface area contributed by atoms with Gasteiger partial charge in [-0.1, -0.05) is 18.2 Å². The molecule has 1 rings (SSSR count). The second-order valence-corrected chi connectivity index (χ2v) is 4.44. The quantitative estimate of drug-likeness (QED) is 0.715. The Balaban J connectivity index is 2.31. The first-order valence-corrected chi connectivity index (χ1v) is 6.22. The minimum atomic E-state index is -0.290. The number of para-hydroxylation sites is 1. The van der Waals surface area contributed by atoms with E-state index in [0.717, 1.165) is 29.7 Å². The van der Waals surface area contributed by atoms with Crippen LogP contribution in [-0.4, -0.2) is 24.4 Å². The van der Waals surface area contributed by atoms with Gasteiger partial charge in [0.2, 0.25) is 0 Å². The van der Waals surface area contributed by atoms with Crippen LogP contribution in [0.15, 0.2) is 18.2 Å². The van der Waals surface area contributed by atoms with E-state index < -0.39 is 0 Å². The van der Waals surface area contributed by atoms with E-state index in [4.69, 9.17) is 10.5 Å². The van der Waals surface area contributed by atoms with Gasteiger partial charge in [-0.3, -0.25) is 0 Å².